The van der Waals surface area contributed by atoms with Crippen LogP contribution < -0.4 is 11.3 Å². The van der Waals surface area contributed by atoms with E-state index in [0.717, 1.165) is 38.2 Å². The van der Waals surface area contributed by atoms with Crippen molar-refractivity contribution in [1.29, 1.82) is 0 Å². The standard InChI is InChI=1S/C14H23N3O2/c1-2-19-14(6-9-18-10-7-14)13(17-15)11-12-5-3-4-8-16-12/h3-5,8,13,17H,2,6-7,9-11,15H2,1H3. The highest BCUT2D eigenvalue weighted by Crippen LogP contribution is 2.30. The Kier molecular flexibility index (Phi) is 5.27. The molecule has 0 bridgehead atoms. The molecule has 2 heterocycles. The number of pyridine rings is 1. The molecule has 0 aliphatic carbocycles. The Morgan fingerprint density at radius 3 is 2.84 bits per heavy atom. The Morgan fingerprint density at radius 1 is 1.47 bits per heavy atom. The zero-order chi connectivity index (χ0) is 13.6. The second kappa shape index (κ2) is 6.96. The SMILES string of the molecule is CCOC1(C(Cc2ccccn2)NN)CCOCC1. The molecule has 0 saturated carbocycles. The highest BCUT2D eigenvalue weighted by Gasteiger charge is 2.40. The van der Waals surface area contributed by atoms with Crippen LogP contribution in [-0.2, 0) is 15.9 Å². The van der Waals surface area contributed by atoms with Crippen LogP contribution in [0.3, 0.4) is 0 Å². The molecule has 1 saturated heterocycles. The van der Waals surface area contributed by atoms with Crippen molar-refractivity contribution in [3.63, 3.8) is 0 Å². The molecular formula is C14H23N3O2. The van der Waals surface area contributed by atoms with E-state index in [0.29, 0.717) is 6.61 Å². The topological polar surface area (TPSA) is 69.4 Å². The molecule has 0 aromatic carbocycles. The zero-order valence-corrected chi connectivity index (χ0v) is 11.5. The van der Waals surface area contributed by atoms with Crippen molar-refractivity contribution in [2.24, 2.45) is 5.84 Å². The molecule has 0 spiro atoms. The lowest BCUT2D eigenvalue weighted by Crippen LogP contribution is -2.58. The van der Waals surface area contributed by atoms with Gasteiger partial charge in [-0.3, -0.25) is 16.3 Å². The van der Waals surface area contributed by atoms with Crippen LogP contribution in [-0.4, -0.2) is 36.4 Å². The summed E-state index contributed by atoms with van der Waals surface area (Å²) in [7, 11) is 0. The van der Waals surface area contributed by atoms with Crippen LogP contribution in [0.15, 0.2) is 24.4 Å². The van der Waals surface area contributed by atoms with Gasteiger partial charge in [0.25, 0.3) is 0 Å². The minimum Gasteiger partial charge on any atom is -0.381 e. The number of nitrogens with two attached hydrogens (primary N) is 1. The van der Waals surface area contributed by atoms with E-state index in [9.17, 15) is 0 Å². The summed E-state index contributed by atoms with van der Waals surface area (Å²) < 4.78 is 11.5. The van der Waals surface area contributed by atoms with Gasteiger partial charge in [0.2, 0.25) is 0 Å². The number of hydrogen-bond acceptors (Lipinski definition) is 5. The van der Waals surface area contributed by atoms with Crippen LogP contribution in [0.25, 0.3) is 0 Å². The predicted octanol–water partition coefficient (Wildman–Crippen LogP) is 1.04. The number of aromatic nitrogens is 1. The summed E-state index contributed by atoms with van der Waals surface area (Å²) in [6.45, 7) is 4.15. The summed E-state index contributed by atoms with van der Waals surface area (Å²) in [4.78, 5) is 4.37. The lowest BCUT2D eigenvalue weighted by Gasteiger charge is -2.42. The summed E-state index contributed by atoms with van der Waals surface area (Å²) >= 11 is 0. The molecule has 106 valence electrons. The molecule has 1 fully saturated rings. The second-order valence-corrected chi connectivity index (χ2v) is 4.85. The van der Waals surface area contributed by atoms with Crippen molar-refractivity contribution >= 4 is 0 Å². The monoisotopic (exact) mass is 265 g/mol. The summed E-state index contributed by atoms with van der Waals surface area (Å²) in [5.41, 5.74) is 3.70. The maximum Gasteiger partial charge on any atom is 0.0895 e. The van der Waals surface area contributed by atoms with E-state index in [1.54, 1.807) is 6.20 Å². The van der Waals surface area contributed by atoms with Crippen LogP contribution in [0.2, 0.25) is 0 Å². The smallest absolute Gasteiger partial charge is 0.0895 e. The Bertz CT molecular complexity index is 361. The Labute approximate surface area is 114 Å². The molecule has 1 unspecified atom stereocenters. The summed E-state index contributed by atoms with van der Waals surface area (Å²) in [6, 6.07) is 5.98. The minimum absolute atomic E-state index is 0.0475. The summed E-state index contributed by atoms with van der Waals surface area (Å²) in [5, 5.41) is 0. The van der Waals surface area contributed by atoms with Gasteiger partial charge in [0.15, 0.2) is 0 Å². The van der Waals surface area contributed by atoms with Gasteiger partial charge in [-0.25, -0.2) is 0 Å². The fourth-order valence-corrected chi connectivity index (χ4v) is 2.72. The van der Waals surface area contributed by atoms with Crippen LogP contribution >= 0.6 is 0 Å². The molecule has 1 aliphatic rings. The van der Waals surface area contributed by atoms with E-state index in [4.69, 9.17) is 15.3 Å². The molecule has 1 aromatic rings. The average molecular weight is 265 g/mol. The van der Waals surface area contributed by atoms with Gasteiger partial charge in [-0.05, 0) is 19.1 Å². The molecule has 2 rings (SSSR count). The van der Waals surface area contributed by atoms with E-state index >= 15 is 0 Å². The molecule has 0 amide bonds. The average Bonchev–Trinajstić information content (AvgIpc) is 2.47. The van der Waals surface area contributed by atoms with E-state index in [1.807, 2.05) is 25.1 Å². The normalized spacial score (nSPS) is 20.1. The lowest BCUT2D eigenvalue weighted by molar-refractivity contribution is -0.126. The summed E-state index contributed by atoms with van der Waals surface area (Å²) in [6.07, 6.45) is 4.29. The molecule has 1 aromatic heterocycles. The van der Waals surface area contributed by atoms with Gasteiger partial charge in [-0.2, -0.15) is 0 Å². The molecule has 19 heavy (non-hydrogen) atoms. The van der Waals surface area contributed by atoms with E-state index in [2.05, 4.69) is 10.4 Å². The van der Waals surface area contributed by atoms with E-state index < -0.39 is 0 Å². The third-order valence-electron chi connectivity index (χ3n) is 3.75. The van der Waals surface area contributed by atoms with E-state index in [1.165, 1.54) is 0 Å². The molecule has 5 heteroatoms. The third kappa shape index (κ3) is 3.51. The number of nitrogens with one attached hydrogen (secondary N) is 1. The first-order valence-corrected chi connectivity index (χ1v) is 6.88. The van der Waals surface area contributed by atoms with Crippen molar-refractivity contribution in [2.75, 3.05) is 19.8 Å². The molecule has 0 radical (unpaired) electrons. The minimum atomic E-state index is -0.251. The Balaban J connectivity index is 2.12. The second-order valence-electron chi connectivity index (χ2n) is 4.85. The Hall–Kier alpha value is -1.01. The van der Waals surface area contributed by atoms with Crippen molar-refractivity contribution in [2.45, 2.75) is 37.8 Å². The van der Waals surface area contributed by atoms with Crippen LogP contribution in [0, 0.1) is 0 Å². The maximum absolute atomic E-state index is 6.05. The van der Waals surface area contributed by atoms with Gasteiger partial charge < -0.3 is 9.47 Å². The first kappa shape index (κ1) is 14.4. The van der Waals surface area contributed by atoms with Crippen molar-refractivity contribution in [3.05, 3.63) is 30.1 Å². The highest BCUT2D eigenvalue weighted by atomic mass is 16.5. The highest BCUT2D eigenvalue weighted by molar-refractivity contribution is 5.08. The van der Waals surface area contributed by atoms with Crippen LogP contribution in [0.4, 0.5) is 0 Å². The third-order valence-corrected chi connectivity index (χ3v) is 3.75. The number of ether oxygens (including phenoxy) is 2. The van der Waals surface area contributed by atoms with Gasteiger partial charge in [-0.15, -0.1) is 0 Å². The largest absolute Gasteiger partial charge is 0.381 e. The van der Waals surface area contributed by atoms with Crippen molar-refractivity contribution < 1.29 is 9.47 Å². The fraction of sp³-hybridized carbons (Fsp3) is 0.643. The molecule has 5 nitrogen and oxygen atoms in total. The predicted molar refractivity (Wildman–Crippen MR) is 73.5 cm³/mol. The van der Waals surface area contributed by atoms with Gasteiger partial charge in [0.1, 0.15) is 0 Å². The number of rotatable bonds is 6. The number of nitrogens with zero attached hydrogens (tertiary/aromatic N) is 1. The lowest BCUT2D eigenvalue weighted by atomic mass is 9.83. The quantitative estimate of drug-likeness (QED) is 0.594. The maximum atomic E-state index is 6.05. The van der Waals surface area contributed by atoms with Gasteiger partial charge in [0, 0.05) is 51.0 Å². The van der Waals surface area contributed by atoms with Gasteiger partial charge >= 0.3 is 0 Å². The van der Waals surface area contributed by atoms with Crippen molar-refractivity contribution in [3.8, 4) is 0 Å². The zero-order valence-electron chi connectivity index (χ0n) is 11.5. The number of hydrazine groups is 1. The molecule has 1 aliphatic heterocycles. The van der Waals surface area contributed by atoms with E-state index in [-0.39, 0.29) is 11.6 Å². The van der Waals surface area contributed by atoms with Crippen LogP contribution in [0.1, 0.15) is 25.5 Å². The summed E-state index contributed by atoms with van der Waals surface area (Å²) in [5.74, 6) is 5.77. The first-order chi connectivity index (χ1) is 9.30. The fourth-order valence-electron chi connectivity index (χ4n) is 2.72. The molecular weight excluding hydrogens is 242 g/mol. The molecule has 3 N–H and O–H groups in total. The van der Waals surface area contributed by atoms with Gasteiger partial charge in [0.05, 0.1) is 11.6 Å². The first-order valence-electron chi connectivity index (χ1n) is 6.88. The van der Waals surface area contributed by atoms with Gasteiger partial charge in [-0.1, -0.05) is 6.07 Å². The van der Waals surface area contributed by atoms with Crippen LogP contribution in [0.5, 0.6) is 0 Å². The number of hydrogen-bond donors (Lipinski definition) is 2. The Morgan fingerprint density at radius 2 is 2.26 bits per heavy atom. The van der Waals surface area contributed by atoms with Crippen molar-refractivity contribution in [1.82, 2.24) is 10.4 Å². The molecule has 1 atom stereocenters.